The monoisotopic (exact) mass is 268 g/mol. The van der Waals surface area contributed by atoms with Gasteiger partial charge in [-0.15, -0.1) is 11.8 Å². The summed E-state index contributed by atoms with van der Waals surface area (Å²) in [6, 6.07) is 9.33. The highest BCUT2D eigenvalue weighted by Crippen LogP contribution is 2.40. The van der Waals surface area contributed by atoms with Crippen LogP contribution in [0.5, 0.6) is 5.75 Å². The van der Waals surface area contributed by atoms with Gasteiger partial charge in [-0.3, -0.25) is 0 Å². The Morgan fingerprint density at radius 2 is 2.00 bits per heavy atom. The third kappa shape index (κ3) is 2.52. The molecule has 3 nitrogen and oxygen atoms in total. The van der Waals surface area contributed by atoms with Gasteiger partial charge in [0.05, 0.1) is 9.92 Å². The summed E-state index contributed by atoms with van der Waals surface area (Å²) in [5.74, 6) is 0.371. The Hall–Kier alpha value is -0.875. The number of rotatable bonds is 3. The molecule has 0 aliphatic carbocycles. The molecule has 0 amide bonds. The molecule has 0 aliphatic rings. The van der Waals surface area contributed by atoms with Gasteiger partial charge in [0.2, 0.25) is 0 Å². The predicted molar refractivity (Wildman–Crippen MR) is 71.6 cm³/mol. The SMILES string of the molecule is CSc1c(OB(O)O)cc2ccccc2c1Cl. The van der Waals surface area contributed by atoms with Crippen molar-refractivity contribution in [2.75, 3.05) is 6.26 Å². The summed E-state index contributed by atoms with van der Waals surface area (Å²) in [6.45, 7) is 0. The Morgan fingerprint density at radius 1 is 1.29 bits per heavy atom. The Kier molecular flexibility index (Phi) is 3.84. The number of halogens is 1. The van der Waals surface area contributed by atoms with E-state index in [9.17, 15) is 0 Å². The second-order valence-corrected chi connectivity index (χ2v) is 4.58. The van der Waals surface area contributed by atoms with Crippen molar-refractivity contribution in [1.82, 2.24) is 0 Å². The summed E-state index contributed by atoms with van der Waals surface area (Å²) in [5, 5.41) is 20.1. The van der Waals surface area contributed by atoms with Gasteiger partial charge >= 0.3 is 7.32 Å². The topological polar surface area (TPSA) is 49.7 Å². The highest BCUT2D eigenvalue weighted by atomic mass is 35.5. The molecular formula is C11H10BClO3S. The maximum Gasteiger partial charge on any atom is 0.707 e. The molecule has 2 aromatic carbocycles. The van der Waals surface area contributed by atoms with Gasteiger partial charge in [0.15, 0.2) is 0 Å². The van der Waals surface area contributed by atoms with E-state index in [0.717, 1.165) is 10.8 Å². The van der Waals surface area contributed by atoms with Crippen LogP contribution in [-0.2, 0) is 0 Å². The van der Waals surface area contributed by atoms with Gasteiger partial charge in [-0.05, 0) is 17.7 Å². The molecule has 0 saturated carbocycles. The van der Waals surface area contributed by atoms with E-state index in [1.807, 2.05) is 30.5 Å². The Morgan fingerprint density at radius 3 is 2.65 bits per heavy atom. The molecule has 88 valence electrons. The number of thioether (sulfide) groups is 1. The lowest BCUT2D eigenvalue weighted by Crippen LogP contribution is -2.21. The minimum Gasteiger partial charge on any atom is -0.511 e. The van der Waals surface area contributed by atoms with Crippen molar-refractivity contribution < 1.29 is 14.7 Å². The quantitative estimate of drug-likeness (QED) is 0.663. The molecule has 0 bridgehead atoms. The number of hydrogen-bond acceptors (Lipinski definition) is 4. The van der Waals surface area contributed by atoms with E-state index in [1.165, 1.54) is 11.8 Å². The van der Waals surface area contributed by atoms with Gasteiger partial charge in [0, 0.05) is 5.39 Å². The Bertz CT molecular complexity index is 547. The van der Waals surface area contributed by atoms with Crippen LogP contribution in [0.15, 0.2) is 35.2 Å². The van der Waals surface area contributed by atoms with Gasteiger partial charge in [0.25, 0.3) is 0 Å². The van der Waals surface area contributed by atoms with Crippen molar-refractivity contribution in [3.05, 3.63) is 35.4 Å². The molecule has 2 rings (SSSR count). The second-order valence-electron chi connectivity index (χ2n) is 3.39. The maximum absolute atomic E-state index is 8.87. The van der Waals surface area contributed by atoms with Crippen molar-refractivity contribution in [2.24, 2.45) is 0 Å². The van der Waals surface area contributed by atoms with E-state index < -0.39 is 7.32 Å². The van der Waals surface area contributed by atoms with Crippen LogP contribution in [0, 0.1) is 0 Å². The second kappa shape index (κ2) is 5.18. The van der Waals surface area contributed by atoms with E-state index in [4.69, 9.17) is 26.3 Å². The zero-order chi connectivity index (χ0) is 12.4. The van der Waals surface area contributed by atoms with E-state index >= 15 is 0 Å². The fraction of sp³-hybridized carbons (Fsp3) is 0.0909. The third-order valence-electron chi connectivity index (χ3n) is 2.34. The van der Waals surface area contributed by atoms with Crippen LogP contribution in [0.1, 0.15) is 0 Å². The molecule has 2 N–H and O–H groups in total. The number of benzene rings is 2. The van der Waals surface area contributed by atoms with Crippen LogP contribution < -0.4 is 4.65 Å². The zero-order valence-electron chi connectivity index (χ0n) is 9.05. The average molecular weight is 269 g/mol. The van der Waals surface area contributed by atoms with Crippen molar-refractivity contribution in [1.29, 1.82) is 0 Å². The number of fused-ring (bicyclic) bond motifs is 1. The summed E-state index contributed by atoms with van der Waals surface area (Å²) in [6.07, 6.45) is 1.85. The standard InChI is InChI=1S/C11H10BClO3S/c1-17-11-9(16-12(14)15)6-7-4-2-3-5-8(7)10(11)13/h2-6,14-15H,1H3. The molecule has 0 atom stereocenters. The molecular weight excluding hydrogens is 258 g/mol. The first-order chi connectivity index (χ1) is 8.13. The van der Waals surface area contributed by atoms with Crippen LogP contribution in [0.25, 0.3) is 10.8 Å². The molecule has 0 aromatic heterocycles. The minimum atomic E-state index is -1.85. The largest absolute Gasteiger partial charge is 0.707 e. The van der Waals surface area contributed by atoms with E-state index in [1.54, 1.807) is 6.07 Å². The van der Waals surface area contributed by atoms with E-state index in [-0.39, 0.29) is 0 Å². The molecule has 0 saturated heterocycles. The minimum absolute atomic E-state index is 0.371. The molecule has 6 heteroatoms. The molecule has 0 aliphatic heterocycles. The smallest absolute Gasteiger partial charge is 0.511 e. The summed E-state index contributed by atoms with van der Waals surface area (Å²) in [5.41, 5.74) is 0. The fourth-order valence-electron chi connectivity index (χ4n) is 1.65. The highest BCUT2D eigenvalue weighted by molar-refractivity contribution is 7.98. The first-order valence-electron chi connectivity index (χ1n) is 4.91. The lowest BCUT2D eigenvalue weighted by atomic mass is 10.1. The van der Waals surface area contributed by atoms with Crippen molar-refractivity contribution in [3.8, 4) is 5.75 Å². The first-order valence-corrected chi connectivity index (χ1v) is 6.51. The normalized spacial score (nSPS) is 10.6. The van der Waals surface area contributed by atoms with Gasteiger partial charge in [-0.25, -0.2) is 0 Å². The van der Waals surface area contributed by atoms with Gasteiger partial charge in [0.1, 0.15) is 5.75 Å². The van der Waals surface area contributed by atoms with Crippen LogP contribution in [-0.4, -0.2) is 23.6 Å². The third-order valence-corrected chi connectivity index (χ3v) is 3.66. The summed E-state index contributed by atoms with van der Waals surface area (Å²) < 4.78 is 4.93. The predicted octanol–water partition coefficient (Wildman–Crippen LogP) is 2.56. The summed E-state index contributed by atoms with van der Waals surface area (Å²) >= 11 is 7.67. The number of hydrogen-bond donors (Lipinski definition) is 2. The Balaban J connectivity index is 2.66. The van der Waals surface area contributed by atoms with E-state index in [2.05, 4.69) is 0 Å². The van der Waals surface area contributed by atoms with Crippen LogP contribution in [0.2, 0.25) is 5.02 Å². The molecule has 17 heavy (non-hydrogen) atoms. The van der Waals surface area contributed by atoms with Gasteiger partial charge in [-0.2, -0.15) is 0 Å². The van der Waals surface area contributed by atoms with Crippen LogP contribution >= 0.6 is 23.4 Å². The van der Waals surface area contributed by atoms with E-state index in [0.29, 0.717) is 15.7 Å². The highest BCUT2D eigenvalue weighted by Gasteiger charge is 2.17. The fourth-order valence-corrected chi connectivity index (χ4v) is 2.75. The molecule has 0 fully saturated rings. The first kappa shape index (κ1) is 12.6. The summed E-state index contributed by atoms with van der Waals surface area (Å²) in [4.78, 5) is 0.693. The molecule has 2 aromatic rings. The zero-order valence-corrected chi connectivity index (χ0v) is 10.6. The lowest BCUT2D eigenvalue weighted by Gasteiger charge is -2.13. The molecule has 0 heterocycles. The molecule has 0 radical (unpaired) electrons. The van der Waals surface area contributed by atoms with Crippen LogP contribution in [0.4, 0.5) is 0 Å². The average Bonchev–Trinajstić information content (AvgIpc) is 2.29. The lowest BCUT2D eigenvalue weighted by molar-refractivity contribution is 0.285. The van der Waals surface area contributed by atoms with Gasteiger partial charge < -0.3 is 14.7 Å². The van der Waals surface area contributed by atoms with Crippen molar-refractivity contribution >= 4 is 41.5 Å². The van der Waals surface area contributed by atoms with Crippen molar-refractivity contribution in [2.45, 2.75) is 4.90 Å². The Labute approximate surface area is 109 Å². The van der Waals surface area contributed by atoms with Crippen LogP contribution in [0.3, 0.4) is 0 Å². The molecule has 0 unspecified atom stereocenters. The van der Waals surface area contributed by atoms with Gasteiger partial charge in [-0.1, -0.05) is 35.9 Å². The summed E-state index contributed by atoms with van der Waals surface area (Å²) in [7, 11) is -1.85. The van der Waals surface area contributed by atoms with Crippen molar-refractivity contribution in [3.63, 3.8) is 0 Å². The molecule has 0 spiro atoms. The maximum atomic E-state index is 8.87.